The number of unbranched alkanes of at least 4 members (excludes halogenated alkanes) is 3. The van der Waals surface area contributed by atoms with E-state index in [1.54, 1.807) is 28.4 Å². The predicted molar refractivity (Wildman–Crippen MR) is 143 cm³/mol. The summed E-state index contributed by atoms with van der Waals surface area (Å²) in [6, 6.07) is 11.0. The number of nitrogens with zero attached hydrogens (tertiary/aromatic N) is 2. The molecule has 0 unspecified atom stereocenters. The van der Waals surface area contributed by atoms with Gasteiger partial charge in [-0.2, -0.15) is 0 Å². The number of benzene rings is 1. The van der Waals surface area contributed by atoms with Crippen LogP contribution in [0.15, 0.2) is 47.5 Å². The van der Waals surface area contributed by atoms with Crippen LogP contribution in [-0.4, -0.2) is 35.8 Å². The summed E-state index contributed by atoms with van der Waals surface area (Å²) < 4.78 is 34.4. The van der Waals surface area contributed by atoms with Gasteiger partial charge in [0.25, 0.3) is 0 Å². The third-order valence-electron chi connectivity index (χ3n) is 6.74. The van der Waals surface area contributed by atoms with E-state index in [4.69, 9.17) is 11.6 Å². The zero-order chi connectivity index (χ0) is 24.1. The van der Waals surface area contributed by atoms with Crippen molar-refractivity contribution in [2.45, 2.75) is 84.4 Å². The summed E-state index contributed by atoms with van der Waals surface area (Å²) in [5.74, 6) is 0. The second kappa shape index (κ2) is 11.6. The molecule has 0 aliphatic heterocycles. The van der Waals surface area contributed by atoms with Gasteiger partial charge in [0.05, 0.1) is 0 Å². The first-order valence-corrected chi connectivity index (χ1v) is 21.6. The summed E-state index contributed by atoms with van der Waals surface area (Å²) >= 11 is 3.46. The number of fused-ring (bicyclic) bond motifs is 1. The van der Waals surface area contributed by atoms with E-state index in [-0.39, 0.29) is 0 Å². The molecule has 0 saturated carbocycles. The molecule has 0 saturated heterocycles. The van der Waals surface area contributed by atoms with Gasteiger partial charge in [0.1, 0.15) is 0 Å². The fourth-order valence-corrected chi connectivity index (χ4v) is 24.6. The minimum atomic E-state index is -3.80. The van der Waals surface area contributed by atoms with Crippen LogP contribution >= 0.6 is 11.6 Å². The van der Waals surface area contributed by atoms with Gasteiger partial charge in [-0.1, -0.05) is 0 Å². The van der Waals surface area contributed by atoms with Crippen molar-refractivity contribution in [2.24, 2.45) is 0 Å². The monoisotopic (exact) mass is 596 g/mol. The van der Waals surface area contributed by atoms with Crippen LogP contribution in [-0.2, 0) is 10.0 Å². The van der Waals surface area contributed by atoms with E-state index in [2.05, 4.69) is 31.8 Å². The molecule has 0 atom stereocenters. The topological polar surface area (TPSA) is 52.0 Å². The molecular weight excluding hydrogens is 559 g/mol. The zero-order valence-electron chi connectivity index (χ0n) is 20.4. The van der Waals surface area contributed by atoms with Gasteiger partial charge in [0.2, 0.25) is 0 Å². The van der Waals surface area contributed by atoms with Crippen LogP contribution in [0.4, 0.5) is 0 Å². The van der Waals surface area contributed by atoms with Crippen LogP contribution in [0.25, 0.3) is 11.0 Å². The zero-order valence-corrected chi connectivity index (χ0v) is 24.8. The van der Waals surface area contributed by atoms with E-state index in [9.17, 15) is 8.42 Å². The first-order valence-electron chi connectivity index (χ1n) is 12.3. The number of hydrogen-bond donors (Lipinski definition) is 0. The average Bonchev–Trinajstić information content (AvgIpc) is 3.22. The van der Waals surface area contributed by atoms with Gasteiger partial charge >= 0.3 is 210 Å². The number of halogens is 1. The molecule has 2 aromatic heterocycles. The first-order chi connectivity index (χ1) is 15.8. The molecule has 0 amide bonds. The Labute approximate surface area is 208 Å². The molecule has 0 aliphatic rings. The van der Waals surface area contributed by atoms with Gasteiger partial charge in [-0.05, 0) is 0 Å². The van der Waals surface area contributed by atoms with Crippen LogP contribution in [0.3, 0.4) is 0 Å². The second-order valence-electron chi connectivity index (χ2n) is 9.23. The van der Waals surface area contributed by atoms with Gasteiger partial charge in [-0.15, -0.1) is 0 Å². The van der Waals surface area contributed by atoms with E-state index in [1.807, 2.05) is 19.1 Å². The molecule has 0 aliphatic carbocycles. The molecule has 1 aromatic carbocycles. The number of aryl methyl sites for hydroxylation is 1. The van der Waals surface area contributed by atoms with Crippen molar-refractivity contribution in [1.29, 1.82) is 0 Å². The third kappa shape index (κ3) is 5.62. The quantitative estimate of drug-likeness (QED) is 0.207. The molecule has 180 valence electrons. The van der Waals surface area contributed by atoms with Crippen LogP contribution < -0.4 is 3.71 Å². The molecule has 4 nitrogen and oxygen atoms in total. The van der Waals surface area contributed by atoms with Crippen LogP contribution in [0.2, 0.25) is 18.3 Å². The first kappa shape index (κ1) is 26.6. The molecule has 0 spiro atoms. The van der Waals surface area contributed by atoms with Crippen molar-refractivity contribution in [2.75, 3.05) is 0 Å². The standard InChI is InChI=1S/C14H10ClN2O2S.3C4H9.Sn/c1-10-2-4-11(5-3-10)20(18,19)17-9-7-12-13(15)6-8-16-14(12)17;3*1-3-4-2;/h2-8H,1H3;3*1,3-4H2,2H3;. The van der Waals surface area contributed by atoms with E-state index in [1.165, 1.54) is 13.3 Å². The number of aromatic nitrogens is 2. The molecule has 0 bridgehead atoms. The normalized spacial score (nSPS) is 12.5. The van der Waals surface area contributed by atoms with Crippen molar-refractivity contribution >= 4 is 54.7 Å². The molecule has 3 aromatic rings. The van der Waals surface area contributed by atoms with Gasteiger partial charge in [-0.25, -0.2) is 0 Å². The molecule has 2 heterocycles. The summed E-state index contributed by atoms with van der Waals surface area (Å²) in [6.07, 6.45) is 8.45. The van der Waals surface area contributed by atoms with E-state index in [0.717, 1.165) is 53.2 Å². The fraction of sp³-hybridized carbons (Fsp3) is 0.500. The van der Waals surface area contributed by atoms with Crippen molar-refractivity contribution < 1.29 is 8.42 Å². The van der Waals surface area contributed by atoms with Crippen molar-refractivity contribution in [3.8, 4) is 0 Å². The Morgan fingerprint density at radius 3 is 1.97 bits per heavy atom. The van der Waals surface area contributed by atoms with Crippen LogP contribution in [0, 0.1) is 6.92 Å². The van der Waals surface area contributed by atoms with Crippen molar-refractivity contribution in [1.82, 2.24) is 8.96 Å². The van der Waals surface area contributed by atoms with Gasteiger partial charge in [0.15, 0.2) is 0 Å². The van der Waals surface area contributed by atoms with Crippen LogP contribution in [0.1, 0.15) is 64.9 Å². The molecular formula is C26H37ClN2O2SSn. The van der Waals surface area contributed by atoms with E-state index in [0.29, 0.717) is 15.6 Å². The fourth-order valence-electron chi connectivity index (χ4n) is 4.78. The molecule has 3 rings (SSSR count). The number of rotatable bonds is 12. The number of hydrogen-bond acceptors (Lipinski definition) is 3. The van der Waals surface area contributed by atoms with Gasteiger partial charge in [0, 0.05) is 0 Å². The van der Waals surface area contributed by atoms with Crippen molar-refractivity contribution in [3.63, 3.8) is 0 Å². The second-order valence-corrected chi connectivity index (χ2v) is 24.5. The average molecular weight is 596 g/mol. The SMILES string of the molecule is CCC[CH2][Sn]([CH2]CCC)([CH2]CCC)[c]1cc2c(Cl)ccnc2n1S(=O)(=O)c1ccc(C)cc1. The Morgan fingerprint density at radius 1 is 0.909 bits per heavy atom. The molecule has 7 heteroatoms. The van der Waals surface area contributed by atoms with Crippen LogP contribution in [0.5, 0.6) is 0 Å². The van der Waals surface area contributed by atoms with E-state index >= 15 is 0 Å². The van der Waals surface area contributed by atoms with Gasteiger partial charge < -0.3 is 0 Å². The Kier molecular flexibility index (Phi) is 9.32. The molecule has 0 fully saturated rings. The molecule has 0 N–H and O–H groups in total. The third-order valence-corrected chi connectivity index (χ3v) is 24.6. The summed E-state index contributed by atoms with van der Waals surface area (Å²) in [4.78, 5) is 4.87. The summed E-state index contributed by atoms with van der Waals surface area (Å²) in [6.45, 7) is 8.66. The Hall–Kier alpha value is -1.05. The summed E-state index contributed by atoms with van der Waals surface area (Å²) in [5.41, 5.74) is 1.51. The Morgan fingerprint density at radius 2 is 1.45 bits per heavy atom. The van der Waals surface area contributed by atoms with E-state index < -0.39 is 28.4 Å². The molecule has 0 radical (unpaired) electrons. The van der Waals surface area contributed by atoms with Gasteiger partial charge in [-0.3, -0.25) is 0 Å². The minimum absolute atomic E-state index is 0.315. The maximum absolute atomic E-state index is 14.1. The predicted octanol–water partition coefficient (Wildman–Crippen LogP) is 7.29. The number of pyridine rings is 1. The maximum atomic E-state index is 14.1. The summed E-state index contributed by atoms with van der Waals surface area (Å²) in [5, 5.41) is 1.33. The summed E-state index contributed by atoms with van der Waals surface area (Å²) in [7, 11) is -3.80. The molecule has 33 heavy (non-hydrogen) atoms. The Bertz CT molecular complexity index is 1150. The Balaban J connectivity index is 2.36. The van der Waals surface area contributed by atoms with Crippen molar-refractivity contribution in [3.05, 3.63) is 53.2 Å².